The van der Waals surface area contributed by atoms with Crippen LogP contribution in [0.5, 0.6) is 0 Å². The van der Waals surface area contributed by atoms with Crippen LogP contribution in [-0.4, -0.2) is 23.8 Å². The molecule has 2 nitrogen and oxygen atoms in total. The predicted molar refractivity (Wildman–Crippen MR) is 74.2 cm³/mol. The topological polar surface area (TPSA) is 32.3 Å². The molecule has 0 aromatic heterocycles. The molecule has 0 spiro atoms. The quantitative estimate of drug-likeness (QED) is 0.528. The number of nitrogens with one attached hydrogen (secondary N) is 1. The van der Waals surface area contributed by atoms with Gasteiger partial charge in [-0.2, -0.15) is 0 Å². The highest BCUT2D eigenvalue weighted by Gasteiger charge is 2.17. The summed E-state index contributed by atoms with van der Waals surface area (Å²) in [5.74, 6) is 0.990. The van der Waals surface area contributed by atoms with E-state index in [0.717, 1.165) is 31.3 Å². The van der Waals surface area contributed by atoms with Crippen molar-refractivity contribution in [2.45, 2.75) is 83.8 Å². The van der Waals surface area contributed by atoms with E-state index in [1.807, 2.05) is 6.92 Å². The van der Waals surface area contributed by atoms with Crippen molar-refractivity contribution in [3.63, 3.8) is 0 Å². The highest BCUT2D eigenvalue weighted by atomic mass is 16.3. The van der Waals surface area contributed by atoms with Gasteiger partial charge in [0.05, 0.1) is 6.10 Å². The Morgan fingerprint density at radius 3 is 2.76 bits per heavy atom. The molecule has 0 heterocycles. The van der Waals surface area contributed by atoms with Gasteiger partial charge in [-0.05, 0) is 51.5 Å². The third-order valence-corrected chi connectivity index (χ3v) is 4.02. The smallest absolute Gasteiger partial charge is 0.0512 e. The molecule has 0 aliphatic heterocycles. The fourth-order valence-electron chi connectivity index (χ4n) is 2.98. The molecule has 1 aliphatic carbocycles. The molecule has 3 atom stereocenters. The van der Waals surface area contributed by atoms with Crippen LogP contribution in [0.1, 0.15) is 71.6 Å². The fourth-order valence-corrected chi connectivity index (χ4v) is 2.98. The van der Waals surface area contributed by atoms with E-state index in [1.165, 1.54) is 44.9 Å². The summed E-state index contributed by atoms with van der Waals surface area (Å²) in [6.45, 7) is 5.26. The average Bonchev–Trinajstić information content (AvgIpc) is 2.51. The molecule has 2 heteroatoms. The van der Waals surface area contributed by atoms with Gasteiger partial charge in [-0.25, -0.2) is 0 Å². The third kappa shape index (κ3) is 7.05. The first-order valence-corrected chi connectivity index (χ1v) is 7.63. The Hall–Kier alpha value is -0.0800. The number of hydrogen-bond donors (Lipinski definition) is 2. The lowest BCUT2D eigenvalue weighted by Gasteiger charge is -2.17. The van der Waals surface area contributed by atoms with Gasteiger partial charge in [0.15, 0.2) is 0 Å². The number of aliphatic hydroxyl groups excluding tert-OH is 1. The minimum absolute atomic E-state index is 0.139. The molecule has 0 amide bonds. The van der Waals surface area contributed by atoms with E-state index in [2.05, 4.69) is 12.2 Å². The molecule has 1 fully saturated rings. The summed E-state index contributed by atoms with van der Waals surface area (Å²) < 4.78 is 0. The van der Waals surface area contributed by atoms with Crippen LogP contribution in [0.4, 0.5) is 0 Å². The Balaban J connectivity index is 2.09. The summed E-state index contributed by atoms with van der Waals surface area (Å²) >= 11 is 0. The normalized spacial score (nSPS) is 27.7. The van der Waals surface area contributed by atoms with Crippen LogP contribution < -0.4 is 5.32 Å². The molecule has 1 saturated carbocycles. The molecular weight excluding hydrogens is 210 g/mol. The SMILES string of the molecule is CCCC1CCCC(NCCCC(C)O)CC1. The summed E-state index contributed by atoms with van der Waals surface area (Å²) in [5, 5.41) is 12.9. The molecule has 0 aromatic carbocycles. The second-order valence-corrected chi connectivity index (χ2v) is 5.81. The molecule has 0 aromatic rings. The van der Waals surface area contributed by atoms with Crippen molar-refractivity contribution in [3.8, 4) is 0 Å². The van der Waals surface area contributed by atoms with Crippen molar-refractivity contribution < 1.29 is 5.11 Å². The van der Waals surface area contributed by atoms with Crippen LogP contribution >= 0.6 is 0 Å². The number of aliphatic hydroxyl groups is 1. The summed E-state index contributed by atoms with van der Waals surface area (Å²) in [7, 11) is 0. The van der Waals surface area contributed by atoms with Crippen LogP contribution in [0.15, 0.2) is 0 Å². The van der Waals surface area contributed by atoms with E-state index in [1.54, 1.807) is 0 Å². The minimum Gasteiger partial charge on any atom is -0.393 e. The van der Waals surface area contributed by atoms with Gasteiger partial charge >= 0.3 is 0 Å². The fraction of sp³-hybridized carbons (Fsp3) is 1.00. The maximum absolute atomic E-state index is 9.20. The Bertz CT molecular complexity index is 182. The highest BCUT2D eigenvalue weighted by Crippen LogP contribution is 2.26. The largest absolute Gasteiger partial charge is 0.393 e. The van der Waals surface area contributed by atoms with Gasteiger partial charge in [0.25, 0.3) is 0 Å². The van der Waals surface area contributed by atoms with Crippen molar-refractivity contribution in [1.82, 2.24) is 5.32 Å². The van der Waals surface area contributed by atoms with Gasteiger partial charge in [0.1, 0.15) is 0 Å². The molecule has 102 valence electrons. The van der Waals surface area contributed by atoms with Gasteiger partial charge in [-0.3, -0.25) is 0 Å². The molecule has 0 bridgehead atoms. The zero-order chi connectivity index (χ0) is 12.5. The lowest BCUT2D eigenvalue weighted by molar-refractivity contribution is 0.180. The minimum atomic E-state index is -0.139. The second-order valence-electron chi connectivity index (χ2n) is 5.81. The first kappa shape index (κ1) is 15.0. The van der Waals surface area contributed by atoms with Crippen LogP contribution in [-0.2, 0) is 0 Å². The monoisotopic (exact) mass is 241 g/mol. The van der Waals surface area contributed by atoms with E-state index in [-0.39, 0.29) is 6.10 Å². The third-order valence-electron chi connectivity index (χ3n) is 4.02. The lowest BCUT2D eigenvalue weighted by atomic mass is 9.95. The highest BCUT2D eigenvalue weighted by molar-refractivity contribution is 4.74. The van der Waals surface area contributed by atoms with Crippen LogP contribution in [0.3, 0.4) is 0 Å². The number of hydrogen-bond acceptors (Lipinski definition) is 2. The van der Waals surface area contributed by atoms with E-state index in [0.29, 0.717) is 0 Å². The maximum Gasteiger partial charge on any atom is 0.0512 e. The Morgan fingerprint density at radius 2 is 2.06 bits per heavy atom. The van der Waals surface area contributed by atoms with Crippen molar-refractivity contribution in [2.75, 3.05) is 6.54 Å². The molecule has 0 saturated heterocycles. The Kier molecular flexibility index (Phi) is 7.87. The summed E-state index contributed by atoms with van der Waals surface area (Å²) in [6.07, 6.45) is 11.6. The second kappa shape index (κ2) is 8.93. The standard InChI is InChI=1S/C15H31NO/c1-3-6-14-8-4-9-15(11-10-14)16-12-5-7-13(2)17/h13-17H,3-12H2,1-2H3. The molecule has 2 N–H and O–H groups in total. The maximum atomic E-state index is 9.20. The zero-order valence-electron chi connectivity index (χ0n) is 11.8. The van der Waals surface area contributed by atoms with E-state index >= 15 is 0 Å². The lowest BCUT2D eigenvalue weighted by Crippen LogP contribution is -2.29. The van der Waals surface area contributed by atoms with E-state index < -0.39 is 0 Å². The number of rotatable bonds is 7. The van der Waals surface area contributed by atoms with E-state index in [9.17, 15) is 5.11 Å². The van der Waals surface area contributed by atoms with Crippen LogP contribution in [0.2, 0.25) is 0 Å². The molecule has 17 heavy (non-hydrogen) atoms. The Morgan fingerprint density at radius 1 is 1.24 bits per heavy atom. The summed E-state index contributed by atoms with van der Waals surface area (Å²) in [5.41, 5.74) is 0. The zero-order valence-corrected chi connectivity index (χ0v) is 11.8. The molecule has 1 rings (SSSR count). The molecule has 0 radical (unpaired) electrons. The van der Waals surface area contributed by atoms with E-state index in [4.69, 9.17) is 0 Å². The van der Waals surface area contributed by atoms with Gasteiger partial charge < -0.3 is 10.4 Å². The molecule has 1 aliphatic rings. The van der Waals surface area contributed by atoms with Gasteiger partial charge in [0.2, 0.25) is 0 Å². The van der Waals surface area contributed by atoms with Gasteiger partial charge in [-0.1, -0.05) is 32.6 Å². The van der Waals surface area contributed by atoms with Crippen LogP contribution in [0, 0.1) is 5.92 Å². The van der Waals surface area contributed by atoms with Crippen LogP contribution in [0.25, 0.3) is 0 Å². The first-order chi connectivity index (χ1) is 8.22. The van der Waals surface area contributed by atoms with Crippen molar-refractivity contribution in [1.29, 1.82) is 0 Å². The molecule has 3 unspecified atom stereocenters. The van der Waals surface area contributed by atoms with Gasteiger partial charge in [0, 0.05) is 6.04 Å². The van der Waals surface area contributed by atoms with Crippen molar-refractivity contribution >= 4 is 0 Å². The van der Waals surface area contributed by atoms with Gasteiger partial charge in [-0.15, -0.1) is 0 Å². The average molecular weight is 241 g/mol. The first-order valence-electron chi connectivity index (χ1n) is 7.63. The van der Waals surface area contributed by atoms with Crippen molar-refractivity contribution in [3.05, 3.63) is 0 Å². The van der Waals surface area contributed by atoms with Crippen molar-refractivity contribution in [2.24, 2.45) is 5.92 Å². The molecular formula is C15H31NO. The summed E-state index contributed by atoms with van der Waals surface area (Å²) in [4.78, 5) is 0. The Labute approximate surface area is 107 Å². The summed E-state index contributed by atoms with van der Waals surface area (Å²) in [6, 6.07) is 0.742. The predicted octanol–water partition coefficient (Wildman–Crippen LogP) is 3.49.